The van der Waals surface area contributed by atoms with Crippen LogP contribution in [0.1, 0.15) is 0 Å². The number of nitrogens with zero attached hydrogens (tertiary/aromatic N) is 3. The second-order valence-corrected chi connectivity index (χ2v) is 10.6. The Morgan fingerprint density at radius 1 is 0.650 bits per heavy atom. The van der Waals surface area contributed by atoms with Crippen LogP contribution in [0.5, 0.6) is 0 Å². The van der Waals surface area contributed by atoms with Crippen molar-refractivity contribution in [1.29, 1.82) is 0 Å². The number of benzene rings is 5. The Bertz CT molecular complexity index is 2360. The Labute approximate surface area is 230 Å². The summed E-state index contributed by atoms with van der Waals surface area (Å²) >= 11 is 1.32. The van der Waals surface area contributed by atoms with Crippen LogP contribution < -0.4 is 11.4 Å². The highest BCUT2D eigenvalue weighted by Crippen LogP contribution is 2.36. The Kier molecular flexibility index (Phi) is 4.89. The van der Waals surface area contributed by atoms with Crippen molar-refractivity contribution in [2.24, 2.45) is 0 Å². The number of fused-ring (bicyclic) bond motifs is 6. The van der Waals surface area contributed by atoms with Crippen LogP contribution in [0.2, 0.25) is 0 Å². The largest absolute Gasteiger partial charge is 0.456 e. The Morgan fingerprint density at radius 2 is 1.35 bits per heavy atom. The fraction of sp³-hybridized carbons (Fsp3) is 0. The summed E-state index contributed by atoms with van der Waals surface area (Å²) in [6.45, 7) is 0. The van der Waals surface area contributed by atoms with Gasteiger partial charge in [-0.15, -0.1) is 0 Å². The molecule has 8 rings (SSSR count). The lowest BCUT2D eigenvalue weighted by molar-refractivity contribution is 0.668. The fourth-order valence-corrected chi connectivity index (χ4v) is 6.41. The maximum Gasteiger partial charge on any atom is 0.359 e. The molecule has 0 aliphatic carbocycles. The third-order valence-electron chi connectivity index (χ3n) is 7.30. The van der Waals surface area contributed by atoms with E-state index in [4.69, 9.17) is 4.42 Å². The number of aromatic nitrogens is 3. The maximum atomic E-state index is 13.8. The first-order valence-electron chi connectivity index (χ1n) is 12.8. The summed E-state index contributed by atoms with van der Waals surface area (Å²) in [6.07, 6.45) is 0. The molecule has 0 spiro atoms. The zero-order chi connectivity index (χ0) is 26.8. The van der Waals surface area contributed by atoms with E-state index >= 15 is 0 Å². The van der Waals surface area contributed by atoms with E-state index in [1.54, 1.807) is 12.1 Å². The number of hydrogen-bond acceptors (Lipinski definition) is 5. The van der Waals surface area contributed by atoms with Crippen molar-refractivity contribution < 1.29 is 4.42 Å². The molecule has 0 radical (unpaired) electrons. The van der Waals surface area contributed by atoms with Crippen molar-refractivity contribution in [3.8, 4) is 27.9 Å². The molecule has 0 unspecified atom stereocenters. The first-order chi connectivity index (χ1) is 19.7. The third kappa shape index (κ3) is 3.38. The van der Waals surface area contributed by atoms with Crippen molar-refractivity contribution in [3.05, 3.63) is 136 Å². The molecule has 190 valence electrons. The summed E-state index contributed by atoms with van der Waals surface area (Å²) < 4.78 is 9.70. The van der Waals surface area contributed by atoms with Gasteiger partial charge >= 0.3 is 11.4 Å². The second-order valence-electron chi connectivity index (χ2n) is 9.61. The monoisotopic (exact) mass is 537 g/mol. The van der Waals surface area contributed by atoms with Crippen LogP contribution in [-0.2, 0) is 0 Å². The molecule has 3 heterocycles. The van der Waals surface area contributed by atoms with Crippen molar-refractivity contribution in [2.75, 3.05) is 0 Å². The normalized spacial score (nSPS) is 11.7. The summed E-state index contributed by atoms with van der Waals surface area (Å²) in [4.78, 5) is 31.8. The van der Waals surface area contributed by atoms with Crippen LogP contribution in [0.25, 0.3) is 65.1 Å². The van der Waals surface area contributed by atoms with E-state index in [0.717, 1.165) is 42.4 Å². The summed E-state index contributed by atoms with van der Waals surface area (Å²) in [5, 5.41) is 1.52. The molecular formula is C33H19N3O3S. The van der Waals surface area contributed by atoms with Gasteiger partial charge in [-0.2, -0.15) is 4.98 Å². The van der Waals surface area contributed by atoms with Gasteiger partial charge in [-0.25, -0.2) is 18.6 Å². The quantitative estimate of drug-likeness (QED) is 0.237. The van der Waals surface area contributed by atoms with Crippen molar-refractivity contribution >= 4 is 48.5 Å². The van der Waals surface area contributed by atoms with Gasteiger partial charge in [0.05, 0.1) is 21.3 Å². The molecule has 5 aromatic carbocycles. The fourth-order valence-electron chi connectivity index (χ4n) is 5.41. The van der Waals surface area contributed by atoms with E-state index in [-0.39, 0.29) is 0 Å². The molecule has 0 saturated heterocycles. The zero-order valence-electron chi connectivity index (χ0n) is 20.9. The molecule has 0 N–H and O–H groups in total. The van der Waals surface area contributed by atoms with Gasteiger partial charge in [-0.3, -0.25) is 0 Å². The Hall–Kier alpha value is -5.27. The SMILES string of the molecule is O=c1nc2sc3ccccc3n2c(=O)n1-c1cccc2oc3ccc(-c4ccc(-c5ccccc5)cc4)cc3c12. The predicted molar refractivity (Wildman–Crippen MR) is 161 cm³/mol. The molecule has 0 aliphatic heterocycles. The number of rotatable bonds is 3. The first kappa shape index (κ1) is 22.7. The average Bonchev–Trinajstić information content (AvgIpc) is 3.56. The van der Waals surface area contributed by atoms with Gasteiger partial charge in [0, 0.05) is 5.39 Å². The number of furan rings is 1. The van der Waals surface area contributed by atoms with E-state index < -0.39 is 11.4 Å². The summed E-state index contributed by atoms with van der Waals surface area (Å²) in [5.74, 6) is 0. The summed E-state index contributed by atoms with van der Waals surface area (Å²) in [5.41, 5.74) is 5.73. The van der Waals surface area contributed by atoms with Gasteiger partial charge in [0.25, 0.3) is 0 Å². The highest BCUT2D eigenvalue weighted by molar-refractivity contribution is 7.23. The van der Waals surface area contributed by atoms with E-state index in [0.29, 0.717) is 27.2 Å². The van der Waals surface area contributed by atoms with Crippen LogP contribution in [-0.4, -0.2) is 14.0 Å². The van der Waals surface area contributed by atoms with Crippen LogP contribution >= 0.6 is 11.3 Å². The highest BCUT2D eigenvalue weighted by Gasteiger charge is 2.19. The van der Waals surface area contributed by atoms with Crippen molar-refractivity contribution in [3.63, 3.8) is 0 Å². The van der Waals surface area contributed by atoms with Gasteiger partial charge in [0.2, 0.25) is 4.96 Å². The first-order valence-corrected chi connectivity index (χ1v) is 13.6. The lowest BCUT2D eigenvalue weighted by Crippen LogP contribution is -2.37. The van der Waals surface area contributed by atoms with Gasteiger partial charge in [-0.1, -0.05) is 90.2 Å². The van der Waals surface area contributed by atoms with Crippen LogP contribution in [0.3, 0.4) is 0 Å². The minimum atomic E-state index is -0.619. The molecule has 0 saturated carbocycles. The average molecular weight is 538 g/mol. The molecule has 6 nitrogen and oxygen atoms in total. The second kappa shape index (κ2) is 8.62. The molecule has 40 heavy (non-hydrogen) atoms. The lowest BCUT2D eigenvalue weighted by atomic mass is 9.99. The zero-order valence-corrected chi connectivity index (χ0v) is 21.8. The highest BCUT2D eigenvalue weighted by atomic mass is 32.1. The lowest BCUT2D eigenvalue weighted by Gasteiger charge is -2.07. The van der Waals surface area contributed by atoms with E-state index in [2.05, 4.69) is 47.4 Å². The third-order valence-corrected chi connectivity index (χ3v) is 8.32. The predicted octanol–water partition coefficient (Wildman–Crippen LogP) is 7.29. The van der Waals surface area contributed by atoms with E-state index in [1.165, 1.54) is 15.7 Å². The van der Waals surface area contributed by atoms with E-state index in [9.17, 15) is 9.59 Å². The number of hydrogen-bond donors (Lipinski definition) is 0. The minimum absolute atomic E-state index is 0.373. The molecular weight excluding hydrogens is 518 g/mol. The van der Waals surface area contributed by atoms with E-state index in [1.807, 2.05) is 60.7 Å². The van der Waals surface area contributed by atoms with Gasteiger partial charge in [-0.05, 0) is 58.7 Å². The molecule has 7 heteroatoms. The molecule has 3 aromatic heterocycles. The van der Waals surface area contributed by atoms with Gasteiger partial charge in [0.15, 0.2) is 0 Å². The van der Waals surface area contributed by atoms with Crippen LogP contribution in [0.4, 0.5) is 0 Å². The number of para-hydroxylation sites is 1. The van der Waals surface area contributed by atoms with Gasteiger partial charge in [0.1, 0.15) is 11.2 Å². The molecule has 0 amide bonds. The van der Waals surface area contributed by atoms with Crippen LogP contribution in [0, 0.1) is 0 Å². The Morgan fingerprint density at radius 3 is 2.17 bits per heavy atom. The standard InChI is InChI=1S/C33H19N3O3S/c37-31-34-32-36(25-9-4-5-12-29(25)40-32)33(38)35(31)26-10-6-11-28-30(26)24-19-23(17-18-27(24)39-28)22-15-13-21(14-16-22)20-7-2-1-3-8-20/h1-19H. The van der Waals surface area contributed by atoms with Crippen molar-refractivity contribution in [2.45, 2.75) is 0 Å². The smallest absolute Gasteiger partial charge is 0.359 e. The Balaban J connectivity index is 1.34. The maximum absolute atomic E-state index is 13.8. The molecule has 8 aromatic rings. The minimum Gasteiger partial charge on any atom is -0.456 e. The van der Waals surface area contributed by atoms with Gasteiger partial charge < -0.3 is 4.42 Å². The topological polar surface area (TPSA) is 69.5 Å². The summed E-state index contributed by atoms with van der Waals surface area (Å²) in [7, 11) is 0. The molecule has 0 fully saturated rings. The van der Waals surface area contributed by atoms with Crippen molar-refractivity contribution in [1.82, 2.24) is 14.0 Å². The number of thiazole rings is 1. The molecule has 0 aliphatic rings. The van der Waals surface area contributed by atoms with Crippen LogP contribution in [0.15, 0.2) is 129 Å². The summed E-state index contributed by atoms with van der Waals surface area (Å²) in [6, 6.07) is 37.6. The molecule has 0 bridgehead atoms. The molecule has 0 atom stereocenters.